The molecule has 0 spiro atoms. The molecule has 31 heavy (non-hydrogen) atoms. The molecule has 0 unspecified atom stereocenters. The fourth-order valence-corrected chi connectivity index (χ4v) is 3.01. The van der Waals surface area contributed by atoms with Gasteiger partial charge >= 0.3 is 6.09 Å². The number of anilines is 1. The quantitative estimate of drug-likeness (QED) is 0.542. The van der Waals surface area contributed by atoms with E-state index in [2.05, 4.69) is 5.32 Å². The van der Waals surface area contributed by atoms with Gasteiger partial charge < -0.3 is 20.5 Å². The summed E-state index contributed by atoms with van der Waals surface area (Å²) >= 11 is 0. The van der Waals surface area contributed by atoms with E-state index in [1.807, 2.05) is 13.0 Å². The Hall–Kier alpha value is -4.13. The molecule has 0 radical (unpaired) electrons. The van der Waals surface area contributed by atoms with Crippen molar-refractivity contribution in [1.82, 2.24) is 0 Å². The Morgan fingerprint density at radius 2 is 1.65 bits per heavy atom. The highest BCUT2D eigenvalue weighted by Crippen LogP contribution is 2.29. The van der Waals surface area contributed by atoms with Crippen molar-refractivity contribution in [2.24, 2.45) is 5.73 Å². The van der Waals surface area contributed by atoms with Gasteiger partial charge in [-0.25, -0.2) is 4.79 Å². The fourth-order valence-electron chi connectivity index (χ4n) is 3.01. The first-order valence-corrected chi connectivity index (χ1v) is 9.64. The van der Waals surface area contributed by atoms with E-state index in [0.717, 1.165) is 11.1 Å². The predicted octanol–water partition coefficient (Wildman–Crippen LogP) is 4.66. The van der Waals surface area contributed by atoms with Gasteiger partial charge in [0.2, 0.25) is 0 Å². The molecule has 7 heteroatoms. The number of rotatable bonds is 7. The summed E-state index contributed by atoms with van der Waals surface area (Å²) in [6.07, 6.45) is -0.887. The Kier molecular flexibility index (Phi) is 6.67. The number of amides is 2. The number of hydrogen-bond donors (Lipinski definition) is 2. The van der Waals surface area contributed by atoms with Gasteiger partial charge in [0.15, 0.2) is 5.78 Å². The van der Waals surface area contributed by atoms with Crippen LogP contribution in [-0.4, -0.2) is 24.4 Å². The van der Waals surface area contributed by atoms with Crippen LogP contribution in [0, 0.1) is 0 Å². The van der Waals surface area contributed by atoms with Crippen LogP contribution in [0.4, 0.5) is 10.5 Å². The van der Waals surface area contributed by atoms with Gasteiger partial charge in [-0.1, -0.05) is 30.3 Å². The summed E-state index contributed by atoms with van der Waals surface area (Å²) in [5, 5.41) is 2.82. The first-order valence-electron chi connectivity index (χ1n) is 9.64. The lowest BCUT2D eigenvalue weighted by atomic mass is 10.0. The molecule has 3 aromatic rings. The largest absolute Gasteiger partial charge is 0.493 e. The van der Waals surface area contributed by atoms with Gasteiger partial charge in [0.05, 0.1) is 12.2 Å². The maximum Gasteiger partial charge on any atom is 0.409 e. The molecule has 2 amide bonds. The summed E-state index contributed by atoms with van der Waals surface area (Å²) in [7, 11) is 0. The Morgan fingerprint density at radius 3 is 2.29 bits per heavy atom. The standard InChI is InChI=1S/C24H22N2O5/c1-3-30-22-12-9-18(16-7-10-20(11-8-16)31-24(25)29)14-21(22)23(28)26-19-6-4-5-17(13-19)15(2)27/h4-14H,3H2,1-2H3,(H2,25,29)(H,26,28). The van der Waals surface area contributed by atoms with Crippen LogP contribution in [0.25, 0.3) is 11.1 Å². The molecule has 0 bridgehead atoms. The molecule has 0 aromatic heterocycles. The van der Waals surface area contributed by atoms with Crippen LogP contribution in [0.3, 0.4) is 0 Å². The zero-order valence-corrected chi connectivity index (χ0v) is 17.2. The van der Waals surface area contributed by atoms with E-state index in [1.165, 1.54) is 6.92 Å². The number of primary amides is 1. The van der Waals surface area contributed by atoms with Crippen LogP contribution in [-0.2, 0) is 0 Å². The maximum atomic E-state index is 13.0. The van der Waals surface area contributed by atoms with Crippen molar-refractivity contribution < 1.29 is 23.9 Å². The van der Waals surface area contributed by atoms with Crippen LogP contribution in [0.1, 0.15) is 34.6 Å². The van der Waals surface area contributed by atoms with Gasteiger partial charge in [-0.2, -0.15) is 0 Å². The molecule has 7 nitrogen and oxygen atoms in total. The molecule has 0 aliphatic rings. The van der Waals surface area contributed by atoms with Gasteiger partial charge in [0.1, 0.15) is 11.5 Å². The second-order valence-electron chi connectivity index (χ2n) is 6.68. The van der Waals surface area contributed by atoms with Crippen molar-refractivity contribution in [3.05, 3.63) is 77.9 Å². The predicted molar refractivity (Wildman–Crippen MR) is 118 cm³/mol. The zero-order chi connectivity index (χ0) is 22.4. The van der Waals surface area contributed by atoms with Gasteiger partial charge in [-0.3, -0.25) is 9.59 Å². The minimum Gasteiger partial charge on any atom is -0.493 e. The van der Waals surface area contributed by atoms with E-state index in [4.69, 9.17) is 15.2 Å². The summed E-state index contributed by atoms with van der Waals surface area (Å²) in [6, 6.07) is 18.8. The third-order valence-corrected chi connectivity index (χ3v) is 4.46. The lowest BCUT2D eigenvalue weighted by Gasteiger charge is -2.13. The van der Waals surface area contributed by atoms with Gasteiger partial charge in [-0.15, -0.1) is 0 Å². The number of nitrogens with one attached hydrogen (secondary N) is 1. The number of ether oxygens (including phenoxy) is 2. The van der Waals surface area contributed by atoms with Gasteiger partial charge in [0.25, 0.3) is 5.91 Å². The number of nitrogens with two attached hydrogens (primary N) is 1. The number of carbonyl (C=O) groups excluding carboxylic acids is 3. The third-order valence-electron chi connectivity index (χ3n) is 4.46. The lowest BCUT2D eigenvalue weighted by Crippen LogP contribution is -2.16. The van der Waals surface area contributed by atoms with Crippen molar-refractivity contribution in [3.8, 4) is 22.6 Å². The monoisotopic (exact) mass is 418 g/mol. The van der Waals surface area contributed by atoms with E-state index in [9.17, 15) is 14.4 Å². The van der Waals surface area contributed by atoms with Crippen molar-refractivity contribution >= 4 is 23.5 Å². The van der Waals surface area contributed by atoms with E-state index in [1.54, 1.807) is 60.7 Å². The van der Waals surface area contributed by atoms with Crippen LogP contribution in [0.5, 0.6) is 11.5 Å². The summed E-state index contributed by atoms with van der Waals surface area (Å²) < 4.78 is 10.5. The molecule has 0 atom stereocenters. The minimum absolute atomic E-state index is 0.0862. The average Bonchev–Trinajstić information content (AvgIpc) is 2.74. The highest BCUT2D eigenvalue weighted by Gasteiger charge is 2.15. The molecule has 0 heterocycles. The maximum absolute atomic E-state index is 13.0. The first kappa shape index (κ1) is 21.6. The van der Waals surface area contributed by atoms with E-state index in [0.29, 0.717) is 34.9 Å². The van der Waals surface area contributed by atoms with Crippen molar-refractivity contribution in [2.75, 3.05) is 11.9 Å². The van der Waals surface area contributed by atoms with Crippen LogP contribution in [0.15, 0.2) is 66.7 Å². The number of hydrogen-bond acceptors (Lipinski definition) is 5. The molecular weight excluding hydrogens is 396 g/mol. The highest BCUT2D eigenvalue weighted by atomic mass is 16.5. The molecule has 0 aliphatic carbocycles. The zero-order valence-electron chi connectivity index (χ0n) is 17.2. The molecule has 0 saturated carbocycles. The van der Waals surface area contributed by atoms with Gasteiger partial charge in [-0.05, 0) is 61.4 Å². The number of Topliss-reactive ketones (excluding diaryl/α,β-unsaturated/α-hetero) is 1. The van der Waals surface area contributed by atoms with Crippen LogP contribution < -0.4 is 20.5 Å². The average molecular weight is 418 g/mol. The molecule has 3 aromatic carbocycles. The summed E-state index contributed by atoms with van der Waals surface area (Å²) in [5.41, 5.74) is 7.98. The SMILES string of the molecule is CCOc1ccc(-c2ccc(OC(N)=O)cc2)cc1C(=O)Nc1cccc(C(C)=O)c1. The van der Waals surface area contributed by atoms with Crippen molar-refractivity contribution in [1.29, 1.82) is 0 Å². The van der Waals surface area contributed by atoms with Crippen molar-refractivity contribution in [2.45, 2.75) is 13.8 Å². The van der Waals surface area contributed by atoms with Crippen LogP contribution in [0.2, 0.25) is 0 Å². The van der Waals surface area contributed by atoms with Crippen LogP contribution >= 0.6 is 0 Å². The molecule has 0 aliphatic heterocycles. The Labute approximate surface area is 179 Å². The lowest BCUT2D eigenvalue weighted by molar-refractivity contribution is 0.100. The Bertz CT molecular complexity index is 1120. The summed E-state index contributed by atoms with van der Waals surface area (Å²) in [6.45, 7) is 3.71. The first-order chi connectivity index (χ1) is 14.9. The normalized spacial score (nSPS) is 10.3. The molecule has 0 fully saturated rings. The van der Waals surface area contributed by atoms with E-state index in [-0.39, 0.29) is 11.7 Å². The molecule has 0 saturated heterocycles. The summed E-state index contributed by atoms with van der Waals surface area (Å²) in [4.78, 5) is 35.5. The second-order valence-corrected chi connectivity index (χ2v) is 6.68. The molecular formula is C24H22N2O5. The molecule has 158 valence electrons. The smallest absolute Gasteiger partial charge is 0.409 e. The fraction of sp³-hybridized carbons (Fsp3) is 0.125. The number of carbonyl (C=O) groups is 3. The minimum atomic E-state index is -0.887. The second kappa shape index (κ2) is 9.58. The number of benzene rings is 3. The Morgan fingerprint density at radius 1 is 0.935 bits per heavy atom. The van der Waals surface area contributed by atoms with Gasteiger partial charge in [0, 0.05) is 11.3 Å². The van der Waals surface area contributed by atoms with Crippen molar-refractivity contribution in [3.63, 3.8) is 0 Å². The van der Waals surface area contributed by atoms with E-state index >= 15 is 0 Å². The topological polar surface area (TPSA) is 108 Å². The Balaban J connectivity index is 1.91. The molecule has 3 rings (SSSR count). The molecule has 3 N–H and O–H groups in total. The van der Waals surface area contributed by atoms with E-state index < -0.39 is 6.09 Å². The highest BCUT2D eigenvalue weighted by molar-refractivity contribution is 6.07. The third kappa shape index (κ3) is 5.48. The summed E-state index contributed by atoms with van der Waals surface area (Å²) in [5.74, 6) is 0.321. The number of ketones is 1.